The molecule has 1 aromatic rings. The molecule has 2 aliphatic heterocycles. The maximum Gasteiger partial charge on any atom is 0.357 e. The zero-order valence-corrected chi connectivity index (χ0v) is 12.9. The van der Waals surface area contributed by atoms with Gasteiger partial charge in [-0.1, -0.05) is 0 Å². The number of esters is 1. The number of anilines is 1. The van der Waals surface area contributed by atoms with Gasteiger partial charge in [0.25, 0.3) is 0 Å². The van der Waals surface area contributed by atoms with Crippen molar-refractivity contribution in [1.29, 1.82) is 0 Å². The van der Waals surface area contributed by atoms with Gasteiger partial charge in [0.1, 0.15) is 0 Å². The number of fused-ring (bicyclic) bond motifs is 2. The van der Waals surface area contributed by atoms with Crippen molar-refractivity contribution in [1.82, 2.24) is 9.88 Å². The second kappa shape index (κ2) is 5.69. The van der Waals surface area contributed by atoms with Crippen LogP contribution < -0.4 is 4.90 Å². The van der Waals surface area contributed by atoms with Crippen molar-refractivity contribution in [3.8, 4) is 0 Å². The number of hydrogen-bond acceptors (Lipinski definition) is 6. The van der Waals surface area contributed by atoms with E-state index in [-0.39, 0.29) is 5.97 Å². The number of nitrogens with zero attached hydrogens (tertiary/aromatic N) is 3. The number of carbonyl (C=O) groups is 1. The maximum atomic E-state index is 11.7. The number of carbonyl (C=O) groups excluding carboxylic acids is 1. The zero-order chi connectivity index (χ0) is 14.1. The highest BCUT2D eigenvalue weighted by molar-refractivity contribution is 7.13. The van der Waals surface area contributed by atoms with Crippen LogP contribution >= 0.6 is 11.3 Å². The van der Waals surface area contributed by atoms with Crippen LogP contribution in [-0.2, 0) is 4.74 Å². The molecule has 3 heterocycles. The van der Waals surface area contributed by atoms with E-state index in [2.05, 4.69) is 21.8 Å². The van der Waals surface area contributed by atoms with Crippen LogP contribution in [0.1, 0.15) is 36.7 Å². The predicted molar refractivity (Wildman–Crippen MR) is 79.5 cm³/mol. The minimum absolute atomic E-state index is 0.316. The predicted octanol–water partition coefficient (Wildman–Crippen LogP) is 1.99. The lowest BCUT2D eigenvalue weighted by Crippen LogP contribution is -2.36. The average molecular weight is 295 g/mol. The van der Waals surface area contributed by atoms with Crippen molar-refractivity contribution >= 4 is 22.4 Å². The fraction of sp³-hybridized carbons (Fsp3) is 0.714. The van der Waals surface area contributed by atoms with Crippen LogP contribution in [0.2, 0.25) is 0 Å². The van der Waals surface area contributed by atoms with Crippen molar-refractivity contribution in [3.63, 3.8) is 0 Å². The van der Waals surface area contributed by atoms with Gasteiger partial charge in [-0.05, 0) is 33.2 Å². The van der Waals surface area contributed by atoms with E-state index in [9.17, 15) is 4.79 Å². The number of aromatic nitrogens is 1. The molecule has 0 amide bonds. The SMILES string of the molecule is CCOC(=O)c1csc(N2CCC3CCC(C2)N3C)n1. The quantitative estimate of drug-likeness (QED) is 0.798. The van der Waals surface area contributed by atoms with Crippen molar-refractivity contribution in [2.75, 3.05) is 31.6 Å². The molecular weight excluding hydrogens is 274 g/mol. The van der Waals surface area contributed by atoms with E-state index in [0.717, 1.165) is 24.3 Å². The topological polar surface area (TPSA) is 45.7 Å². The molecule has 3 rings (SSSR count). The van der Waals surface area contributed by atoms with Crippen molar-refractivity contribution < 1.29 is 9.53 Å². The molecule has 5 nitrogen and oxygen atoms in total. The summed E-state index contributed by atoms with van der Waals surface area (Å²) in [5.74, 6) is -0.316. The van der Waals surface area contributed by atoms with Gasteiger partial charge in [-0.25, -0.2) is 9.78 Å². The lowest BCUT2D eigenvalue weighted by molar-refractivity contribution is 0.0520. The molecule has 2 aliphatic rings. The molecule has 2 saturated heterocycles. The summed E-state index contributed by atoms with van der Waals surface area (Å²) in [6, 6.07) is 1.34. The minimum atomic E-state index is -0.316. The number of likely N-dealkylation sites (N-methyl/N-ethyl adjacent to an activating group) is 1. The third-order valence-corrected chi connectivity index (χ3v) is 5.30. The first-order valence-corrected chi connectivity index (χ1v) is 8.16. The molecule has 0 aromatic carbocycles. The zero-order valence-electron chi connectivity index (χ0n) is 12.0. The Morgan fingerprint density at radius 3 is 3.05 bits per heavy atom. The normalized spacial score (nSPS) is 26.6. The highest BCUT2D eigenvalue weighted by Crippen LogP contribution is 2.31. The van der Waals surface area contributed by atoms with E-state index in [0.29, 0.717) is 18.3 Å². The summed E-state index contributed by atoms with van der Waals surface area (Å²) in [5, 5.41) is 2.76. The number of ether oxygens (including phenoxy) is 1. The molecule has 0 radical (unpaired) electrons. The van der Waals surface area contributed by atoms with Crippen LogP contribution in [0, 0.1) is 0 Å². The molecule has 0 saturated carbocycles. The first-order valence-electron chi connectivity index (χ1n) is 7.28. The Morgan fingerprint density at radius 1 is 1.45 bits per heavy atom. The summed E-state index contributed by atoms with van der Waals surface area (Å²) in [5.41, 5.74) is 0.439. The molecule has 2 unspecified atom stereocenters. The van der Waals surface area contributed by atoms with Crippen molar-refractivity contribution in [2.45, 2.75) is 38.3 Å². The molecule has 6 heteroatoms. The van der Waals surface area contributed by atoms with E-state index >= 15 is 0 Å². The monoisotopic (exact) mass is 295 g/mol. The summed E-state index contributed by atoms with van der Waals surface area (Å²) >= 11 is 1.54. The number of thiazole rings is 1. The van der Waals surface area contributed by atoms with E-state index in [1.54, 1.807) is 16.7 Å². The largest absolute Gasteiger partial charge is 0.461 e. The second-order valence-corrected chi connectivity index (χ2v) is 6.36. The lowest BCUT2D eigenvalue weighted by atomic mass is 10.1. The van der Waals surface area contributed by atoms with Gasteiger partial charge in [-0.15, -0.1) is 11.3 Å². The second-order valence-electron chi connectivity index (χ2n) is 5.52. The lowest BCUT2D eigenvalue weighted by Gasteiger charge is -2.25. The van der Waals surface area contributed by atoms with Gasteiger partial charge in [0.15, 0.2) is 10.8 Å². The molecule has 0 aliphatic carbocycles. The van der Waals surface area contributed by atoms with E-state index < -0.39 is 0 Å². The minimum Gasteiger partial charge on any atom is -0.461 e. The van der Waals surface area contributed by atoms with Crippen LogP contribution in [0.4, 0.5) is 5.13 Å². The van der Waals surface area contributed by atoms with Crippen LogP contribution in [-0.4, -0.2) is 54.7 Å². The Morgan fingerprint density at radius 2 is 2.25 bits per heavy atom. The molecule has 2 atom stereocenters. The number of hydrogen-bond donors (Lipinski definition) is 0. The molecule has 110 valence electrons. The number of rotatable bonds is 3. The van der Waals surface area contributed by atoms with Gasteiger partial charge in [0, 0.05) is 30.6 Å². The fourth-order valence-corrected chi connectivity index (χ4v) is 4.02. The molecule has 2 bridgehead atoms. The Bertz CT molecular complexity index is 491. The van der Waals surface area contributed by atoms with Gasteiger partial charge in [-0.2, -0.15) is 0 Å². The van der Waals surface area contributed by atoms with Gasteiger partial charge < -0.3 is 9.64 Å². The average Bonchev–Trinajstić information content (AvgIpc) is 2.97. The Hall–Kier alpha value is -1.14. The molecule has 20 heavy (non-hydrogen) atoms. The Balaban J connectivity index is 1.72. The van der Waals surface area contributed by atoms with Gasteiger partial charge in [-0.3, -0.25) is 4.90 Å². The summed E-state index contributed by atoms with van der Waals surface area (Å²) in [6.45, 7) is 4.25. The summed E-state index contributed by atoms with van der Waals surface area (Å²) in [4.78, 5) is 21.0. The molecular formula is C14H21N3O2S. The van der Waals surface area contributed by atoms with Crippen LogP contribution in [0.15, 0.2) is 5.38 Å². The summed E-state index contributed by atoms with van der Waals surface area (Å²) in [7, 11) is 2.23. The first-order chi connectivity index (χ1) is 9.69. The Labute approximate surface area is 123 Å². The van der Waals surface area contributed by atoms with E-state index in [4.69, 9.17) is 4.74 Å². The maximum absolute atomic E-state index is 11.7. The van der Waals surface area contributed by atoms with Gasteiger partial charge in [0.05, 0.1) is 6.61 Å². The van der Waals surface area contributed by atoms with Gasteiger partial charge >= 0.3 is 5.97 Å². The highest BCUT2D eigenvalue weighted by atomic mass is 32.1. The van der Waals surface area contributed by atoms with Gasteiger partial charge in [0.2, 0.25) is 0 Å². The third-order valence-electron chi connectivity index (χ3n) is 4.40. The van der Waals surface area contributed by atoms with Crippen LogP contribution in [0.5, 0.6) is 0 Å². The smallest absolute Gasteiger partial charge is 0.357 e. The fourth-order valence-electron chi connectivity index (χ4n) is 3.19. The van der Waals surface area contributed by atoms with Crippen LogP contribution in [0.3, 0.4) is 0 Å². The van der Waals surface area contributed by atoms with Crippen LogP contribution in [0.25, 0.3) is 0 Å². The summed E-state index contributed by atoms with van der Waals surface area (Å²) in [6.07, 6.45) is 3.77. The van der Waals surface area contributed by atoms with E-state index in [1.165, 1.54) is 19.3 Å². The molecule has 2 fully saturated rings. The molecule has 0 N–H and O–H groups in total. The van der Waals surface area contributed by atoms with Crippen molar-refractivity contribution in [2.24, 2.45) is 0 Å². The van der Waals surface area contributed by atoms with Crippen molar-refractivity contribution in [3.05, 3.63) is 11.1 Å². The van der Waals surface area contributed by atoms with E-state index in [1.807, 2.05) is 6.92 Å². The summed E-state index contributed by atoms with van der Waals surface area (Å²) < 4.78 is 5.00. The Kier molecular flexibility index (Phi) is 3.94. The third kappa shape index (κ3) is 2.54. The standard InChI is InChI=1S/C14H21N3O2S/c1-3-19-13(18)12-9-20-14(15-12)17-7-6-10-4-5-11(8-17)16(10)2/h9-11H,3-8H2,1-2H3. The molecule has 0 spiro atoms. The highest BCUT2D eigenvalue weighted by Gasteiger charge is 2.35. The molecule has 1 aromatic heterocycles. The first kappa shape index (κ1) is 13.8.